The monoisotopic (exact) mass is 603 g/mol. The van der Waals surface area contributed by atoms with Gasteiger partial charge in [0, 0.05) is 27.6 Å². The molecule has 0 saturated heterocycles. The van der Waals surface area contributed by atoms with E-state index in [9.17, 15) is 0 Å². The number of anilines is 3. The summed E-state index contributed by atoms with van der Waals surface area (Å²) in [6.07, 6.45) is 0. The first kappa shape index (κ1) is 27.9. The van der Waals surface area contributed by atoms with Crippen LogP contribution in [-0.2, 0) is 10.8 Å². The topological polar surface area (TPSA) is 3.24 Å². The SMILES string of the molecule is CC1(C)c2ccccc2-c2ccc(N(c3ccc(-c4ccccc4)cc3)c3c4c(cc5ccccc35)-c3ccccc3C4(C)C)cc21. The van der Waals surface area contributed by atoms with Crippen molar-refractivity contribution in [2.75, 3.05) is 4.90 Å². The maximum atomic E-state index is 2.54. The molecular formula is C46H37N. The van der Waals surface area contributed by atoms with Gasteiger partial charge in [-0.25, -0.2) is 0 Å². The van der Waals surface area contributed by atoms with Gasteiger partial charge >= 0.3 is 0 Å². The summed E-state index contributed by atoms with van der Waals surface area (Å²) in [6, 6.07) is 56.2. The molecule has 0 unspecified atom stereocenters. The summed E-state index contributed by atoms with van der Waals surface area (Å²) >= 11 is 0. The Kier molecular flexibility index (Phi) is 5.96. The zero-order chi connectivity index (χ0) is 31.9. The van der Waals surface area contributed by atoms with Gasteiger partial charge in [0.25, 0.3) is 0 Å². The minimum Gasteiger partial charge on any atom is -0.310 e. The van der Waals surface area contributed by atoms with E-state index < -0.39 is 0 Å². The average molecular weight is 604 g/mol. The van der Waals surface area contributed by atoms with Crippen LogP contribution in [0.5, 0.6) is 0 Å². The predicted molar refractivity (Wildman–Crippen MR) is 199 cm³/mol. The first-order valence-electron chi connectivity index (χ1n) is 16.7. The van der Waals surface area contributed by atoms with E-state index in [-0.39, 0.29) is 10.8 Å². The first-order valence-corrected chi connectivity index (χ1v) is 16.7. The Morgan fingerprint density at radius 1 is 0.404 bits per heavy atom. The summed E-state index contributed by atoms with van der Waals surface area (Å²) in [7, 11) is 0. The molecular weight excluding hydrogens is 567 g/mol. The van der Waals surface area contributed by atoms with Crippen molar-refractivity contribution in [3.8, 4) is 33.4 Å². The molecule has 0 bridgehead atoms. The number of nitrogens with zero attached hydrogens (tertiary/aromatic N) is 1. The van der Waals surface area contributed by atoms with Gasteiger partial charge in [-0.2, -0.15) is 0 Å². The fourth-order valence-electron chi connectivity index (χ4n) is 8.48. The van der Waals surface area contributed by atoms with Gasteiger partial charge in [-0.3, -0.25) is 0 Å². The standard InChI is InChI=1S/C46H37N/c1-45(2)40-20-12-10-18-36(40)38-27-26-34(29-42(38)45)47(33-24-22-31(23-25-33)30-14-6-5-7-15-30)44-35-17-9-8-16-32(35)28-39-37-19-11-13-21-41(37)46(3,4)43(39)44/h5-29H,1-4H3. The van der Waals surface area contributed by atoms with Gasteiger partial charge in [0.1, 0.15) is 0 Å². The number of hydrogen-bond donors (Lipinski definition) is 0. The van der Waals surface area contributed by atoms with Crippen molar-refractivity contribution in [1.82, 2.24) is 0 Å². The van der Waals surface area contributed by atoms with Crippen LogP contribution in [0.1, 0.15) is 49.9 Å². The fourth-order valence-corrected chi connectivity index (χ4v) is 8.48. The highest BCUT2D eigenvalue weighted by Crippen LogP contribution is 2.57. The molecule has 0 aliphatic heterocycles. The maximum absolute atomic E-state index is 2.54. The normalized spacial score (nSPS) is 14.7. The van der Waals surface area contributed by atoms with Crippen LogP contribution in [0, 0.1) is 0 Å². The van der Waals surface area contributed by atoms with Crippen molar-refractivity contribution in [1.29, 1.82) is 0 Å². The Bertz CT molecular complexity index is 2340. The number of fused-ring (bicyclic) bond motifs is 7. The van der Waals surface area contributed by atoms with Crippen molar-refractivity contribution in [2.45, 2.75) is 38.5 Å². The average Bonchev–Trinajstić information content (AvgIpc) is 3.48. The minimum atomic E-state index is -0.181. The van der Waals surface area contributed by atoms with Crippen LogP contribution in [-0.4, -0.2) is 0 Å². The van der Waals surface area contributed by atoms with Gasteiger partial charge in [0.15, 0.2) is 0 Å². The molecule has 47 heavy (non-hydrogen) atoms. The molecule has 0 aromatic heterocycles. The lowest BCUT2D eigenvalue weighted by molar-refractivity contribution is 0.659. The van der Waals surface area contributed by atoms with Crippen molar-refractivity contribution in [2.24, 2.45) is 0 Å². The molecule has 0 atom stereocenters. The number of benzene rings is 7. The molecule has 0 radical (unpaired) electrons. The van der Waals surface area contributed by atoms with Gasteiger partial charge < -0.3 is 4.90 Å². The van der Waals surface area contributed by atoms with E-state index in [2.05, 4.69) is 184 Å². The number of hydrogen-bond acceptors (Lipinski definition) is 1. The van der Waals surface area contributed by atoms with Crippen LogP contribution < -0.4 is 4.90 Å². The van der Waals surface area contributed by atoms with Crippen LogP contribution in [0.25, 0.3) is 44.2 Å². The Morgan fingerprint density at radius 3 is 1.70 bits per heavy atom. The quantitative estimate of drug-likeness (QED) is 0.193. The molecule has 2 aliphatic carbocycles. The van der Waals surface area contributed by atoms with Gasteiger partial charge in [0.2, 0.25) is 0 Å². The van der Waals surface area contributed by atoms with E-state index in [4.69, 9.17) is 0 Å². The molecule has 9 rings (SSSR count). The molecule has 0 amide bonds. The van der Waals surface area contributed by atoms with Crippen LogP contribution in [0.3, 0.4) is 0 Å². The Morgan fingerprint density at radius 2 is 0.957 bits per heavy atom. The second-order valence-corrected chi connectivity index (χ2v) is 14.2. The van der Waals surface area contributed by atoms with Crippen LogP contribution in [0.4, 0.5) is 17.1 Å². The van der Waals surface area contributed by atoms with E-state index in [1.165, 1.54) is 77.8 Å². The molecule has 0 heterocycles. The second-order valence-electron chi connectivity index (χ2n) is 14.2. The molecule has 1 nitrogen and oxygen atoms in total. The molecule has 2 aliphatic rings. The van der Waals surface area contributed by atoms with E-state index in [0.717, 1.165) is 5.69 Å². The predicted octanol–water partition coefficient (Wildman–Crippen LogP) is 12.6. The van der Waals surface area contributed by atoms with Crippen LogP contribution >= 0.6 is 0 Å². The van der Waals surface area contributed by atoms with E-state index in [1.807, 2.05) is 0 Å². The van der Waals surface area contributed by atoms with E-state index in [0.29, 0.717) is 0 Å². The number of rotatable bonds is 4. The van der Waals surface area contributed by atoms with Gasteiger partial charge in [-0.1, -0.05) is 149 Å². The molecule has 7 aromatic rings. The minimum absolute atomic E-state index is 0.0962. The zero-order valence-electron chi connectivity index (χ0n) is 27.4. The molecule has 0 N–H and O–H groups in total. The largest absolute Gasteiger partial charge is 0.310 e. The summed E-state index contributed by atoms with van der Waals surface area (Å²) in [4.78, 5) is 2.54. The summed E-state index contributed by atoms with van der Waals surface area (Å²) in [5, 5.41) is 2.52. The van der Waals surface area contributed by atoms with Crippen molar-refractivity contribution >= 4 is 27.8 Å². The smallest absolute Gasteiger partial charge is 0.0587 e. The zero-order valence-corrected chi connectivity index (χ0v) is 27.4. The van der Waals surface area contributed by atoms with Crippen molar-refractivity contribution in [3.63, 3.8) is 0 Å². The molecule has 226 valence electrons. The van der Waals surface area contributed by atoms with Crippen LogP contribution in [0.15, 0.2) is 152 Å². The maximum Gasteiger partial charge on any atom is 0.0587 e. The van der Waals surface area contributed by atoms with Gasteiger partial charge in [0.05, 0.1) is 5.69 Å². The lowest BCUT2D eigenvalue weighted by Crippen LogP contribution is -2.21. The molecule has 0 fully saturated rings. The Hall–Kier alpha value is -5.40. The third-order valence-electron chi connectivity index (χ3n) is 10.8. The summed E-state index contributed by atoms with van der Waals surface area (Å²) in [6.45, 7) is 9.54. The first-order chi connectivity index (χ1) is 22.8. The Balaban J connectivity index is 1.34. The van der Waals surface area contributed by atoms with Gasteiger partial charge in [-0.05, 0) is 91.4 Å². The van der Waals surface area contributed by atoms with Crippen LogP contribution in [0.2, 0.25) is 0 Å². The highest BCUT2D eigenvalue weighted by atomic mass is 15.1. The third kappa shape index (κ3) is 4.02. The second kappa shape index (κ2) is 10.0. The van der Waals surface area contributed by atoms with Crippen molar-refractivity contribution < 1.29 is 0 Å². The summed E-state index contributed by atoms with van der Waals surface area (Å²) in [5.74, 6) is 0. The molecule has 0 saturated carbocycles. The lowest BCUT2D eigenvalue weighted by atomic mass is 9.80. The van der Waals surface area contributed by atoms with E-state index in [1.54, 1.807) is 0 Å². The summed E-state index contributed by atoms with van der Waals surface area (Å²) < 4.78 is 0. The molecule has 0 spiro atoms. The van der Waals surface area contributed by atoms with Crippen molar-refractivity contribution in [3.05, 3.63) is 174 Å². The highest BCUT2D eigenvalue weighted by molar-refractivity contribution is 6.07. The summed E-state index contributed by atoms with van der Waals surface area (Å²) in [5.41, 5.74) is 16.7. The third-order valence-corrected chi connectivity index (χ3v) is 10.8. The highest BCUT2D eigenvalue weighted by Gasteiger charge is 2.41. The fraction of sp³-hybridized carbons (Fsp3) is 0.130. The molecule has 1 heteroatoms. The molecule has 7 aromatic carbocycles. The van der Waals surface area contributed by atoms with E-state index >= 15 is 0 Å². The van der Waals surface area contributed by atoms with Gasteiger partial charge in [-0.15, -0.1) is 0 Å². The Labute approximate surface area is 277 Å². The lowest BCUT2D eigenvalue weighted by Gasteiger charge is -2.34.